The Morgan fingerprint density at radius 2 is 1.59 bits per heavy atom. The van der Waals surface area contributed by atoms with Crippen LogP contribution in [0, 0.1) is 6.92 Å². The molecule has 1 heterocycles. The van der Waals surface area contributed by atoms with E-state index in [1.807, 2.05) is 67.6 Å². The number of carbonyl (C=O) groups is 1. The summed E-state index contributed by atoms with van der Waals surface area (Å²) < 4.78 is 16.7. The normalized spacial score (nSPS) is 11.1. The monoisotopic (exact) mass is 426 g/mol. The molecule has 0 spiro atoms. The largest absolute Gasteiger partial charge is 0.496 e. The average Bonchev–Trinajstić information content (AvgIpc) is 2.83. The Bertz CT molecular complexity index is 1370. The standard InChI is InChI=1S/C27H22O5/c1-17-21(30-2)16-22-25(26(17)31-3)23(19-12-8-5-9-13-19)24(27(29)32-22)20(28)15-14-18-10-6-4-7-11-18/h4-16H,1-3H3. The number of hydrogen-bond acceptors (Lipinski definition) is 5. The zero-order chi connectivity index (χ0) is 22.7. The molecule has 0 bridgehead atoms. The molecule has 1 aromatic heterocycles. The molecule has 0 unspecified atom stereocenters. The van der Waals surface area contributed by atoms with Crippen molar-refractivity contribution in [3.63, 3.8) is 0 Å². The predicted molar refractivity (Wildman–Crippen MR) is 126 cm³/mol. The average molecular weight is 426 g/mol. The van der Waals surface area contributed by atoms with Gasteiger partial charge in [-0.15, -0.1) is 0 Å². The third kappa shape index (κ3) is 3.81. The van der Waals surface area contributed by atoms with Crippen molar-refractivity contribution in [2.24, 2.45) is 0 Å². The third-order valence-corrected chi connectivity index (χ3v) is 5.31. The van der Waals surface area contributed by atoms with Crippen LogP contribution in [0.5, 0.6) is 11.5 Å². The number of fused-ring (bicyclic) bond motifs is 1. The van der Waals surface area contributed by atoms with Crippen molar-refractivity contribution in [1.29, 1.82) is 0 Å². The van der Waals surface area contributed by atoms with Gasteiger partial charge in [0.15, 0.2) is 5.78 Å². The highest BCUT2D eigenvalue weighted by Gasteiger charge is 2.25. The first-order valence-electron chi connectivity index (χ1n) is 10.1. The molecule has 0 atom stereocenters. The number of benzene rings is 3. The molecule has 0 saturated heterocycles. The number of ketones is 1. The Kier molecular flexibility index (Phi) is 5.90. The third-order valence-electron chi connectivity index (χ3n) is 5.31. The van der Waals surface area contributed by atoms with Gasteiger partial charge in [-0.05, 0) is 24.1 Å². The zero-order valence-corrected chi connectivity index (χ0v) is 18.0. The summed E-state index contributed by atoms with van der Waals surface area (Å²) in [4.78, 5) is 26.3. The number of ether oxygens (including phenoxy) is 2. The number of methoxy groups -OCH3 is 2. The molecular formula is C27H22O5. The molecular weight excluding hydrogens is 404 g/mol. The van der Waals surface area contributed by atoms with E-state index in [2.05, 4.69) is 0 Å². The molecule has 0 fully saturated rings. The molecule has 32 heavy (non-hydrogen) atoms. The van der Waals surface area contributed by atoms with Crippen LogP contribution >= 0.6 is 0 Å². The highest BCUT2D eigenvalue weighted by atomic mass is 16.5. The van der Waals surface area contributed by atoms with Crippen LogP contribution < -0.4 is 15.1 Å². The van der Waals surface area contributed by atoms with Crippen molar-refractivity contribution in [2.45, 2.75) is 6.92 Å². The van der Waals surface area contributed by atoms with Crippen LogP contribution in [0.15, 0.2) is 82.0 Å². The van der Waals surface area contributed by atoms with Crippen LogP contribution in [0.2, 0.25) is 0 Å². The molecule has 5 heteroatoms. The second-order valence-corrected chi connectivity index (χ2v) is 7.22. The summed E-state index contributed by atoms with van der Waals surface area (Å²) in [5.74, 6) is 0.571. The van der Waals surface area contributed by atoms with E-state index >= 15 is 0 Å². The smallest absolute Gasteiger partial charge is 0.348 e. The Hall–Kier alpha value is -4.12. The SMILES string of the molecule is COc1cc2oc(=O)c(C(=O)C=Cc3ccccc3)c(-c3ccccc3)c2c(OC)c1C. The Labute approximate surface area is 185 Å². The van der Waals surface area contributed by atoms with E-state index in [-0.39, 0.29) is 11.1 Å². The van der Waals surface area contributed by atoms with Crippen molar-refractivity contribution in [3.05, 3.63) is 99.9 Å². The number of hydrogen-bond donors (Lipinski definition) is 0. The fourth-order valence-electron chi connectivity index (χ4n) is 3.81. The Balaban J connectivity index is 2.05. The van der Waals surface area contributed by atoms with Gasteiger partial charge in [0, 0.05) is 17.2 Å². The summed E-state index contributed by atoms with van der Waals surface area (Å²) in [6.07, 6.45) is 3.07. The van der Waals surface area contributed by atoms with Crippen molar-refractivity contribution < 1.29 is 18.7 Å². The van der Waals surface area contributed by atoms with Gasteiger partial charge in [-0.2, -0.15) is 0 Å². The van der Waals surface area contributed by atoms with E-state index in [1.54, 1.807) is 12.1 Å². The van der Waals surface area contributed by atoms with E-state index < -0.39 is 11.4 Å². The van der Waals surface area contributed by atoms with Gasteiger partial charge in [0.25, 0.3) is 0 Å². The van der Waals surface area contributed by atoms with Crippen molar-refractivity contribution in [3.8, 4) is 22.6 Å². The first kappa shape index (κ1) is 21.1. The Morgan fingerprint density at radius 3 is 2.22 bits per heavy atom. The van der Waals surface area contributed by atoms with Gasteiger partial charge in [0.05, 0.1) is 19.6 Å². The minimum Gasteiger partial charge on any atom is -0.496 e. The first-order valence-corrected chi connectivity index (χ1v) is 10.1. The lowest BCUT2D eigenvalue weighted by Gasteiger charge is -2.17. The molecule has 0 radical (unpaired) electrons. The first-order chi connectivity index (χ1) is 15.5. The van der Waals surface area contributed by atoms with Gasteiger partial charge in [-0.25, -0.2) is 4.79 Å². The maximum atomic E-state index is 13.3. The van der Waals surface area contributed by atoms with Crippen LogP contribution in [0.1, 0.15) is 21.5 Å². The molecule has 0 N–H and O–H groups in total. The molecule has 0 aliphatic rings. The van der Waals surface area contributed by atoms with E-state index in [4.69, 9.17) is 13.9 Å². The molecule has 0 saturated carbocycles. The fourth-order valence-corrected chi connectivity index (χ4v) is 3.81. The van der Waals surface area contributed by atoms with E-state index in [9.17, 15) is 9.59 Å². The quantitative estimate of drug-likeness (QED) is 0.225. The van der Waals surface area contributed by atoms with Gasteiger partial charge in [0.1, 0.15) is 22.6 Å². The lowest BCUT2D eigenvalue weighted by atomic mass is 9.93. The summed E-state index contributed by atoms with van der Waals surface area (Å²) in [5.41, 5.74) is 2.31. The van der Waals surface area contributed by atoms with Crippen LogP contribution in [-0.2, 0) is 0 Å². The number of carbonyl (C=O) groups excluding carboxylic acids is 1. The van der Waals surface area contributed by atoms with Gasteiger partial charge in [-0.1, -0.05) is 66.7 Å². The second-order valence-electron chi connectivity index (χ2n) is 7.22. The molecule has 4 rings (SSSR count). The van der Waals surface area contributed by atoms with Crippen molar-refractivity contribution >= 4 is 22.8 Å². The van der Waals surface area contributed by atoms with Gasteiger partial charge < -0.3 is 13.9 Å². The van der Waals surface area contributed by atoms with Crippen LogP contribution in [0.3, 0.4) is 0 Å². The fraction of sp³-hybridized carbons (Fsp3) is 0.111. The molecule has 4 aromatic rings. The minimum absolute atomic E-state index is 0.0428. The topological polar surface area (TPSA) is 65.7 Å². The highest BCUT2D eigenvalue weighted by Crippen LogP contribution is 2.42. The molecule has 3 aromatic carbocycles. The number of rotatable bonds is 6. The maximum Gasteiger partial charge on any atom is 0.348 e. The summed E-state index contributed by atoms with van der Waals surface area (Å²) in [6, 6.07) is 20.3. The maximum absolute atomic E-state index is 13.3. The minimum atomic E-state index is -0.716. The van der Waals surface area contributed by atoms with Crippen LogP contribution in [0.4, 0.5) is 0 Å². The van der Waals surface area contributed by atoms with Gasteiger partial charge in [0.2, 0.25) is 0 Å². The predicted octanol–water partition coefficient (Wildman–Crippen LogP) is 5.68. The van der Waals surface area contributed by atoms with E-state index in [1.165, 1.54) is 20.3 Å². The number of allylic oxidation sites excluding steroid dienone is 1. The lowest BCUT2D eigenvalue weighted by Crippen LogP contribution is -2.15. The molecule has 0 aliphatic carbocycles. The van der Waals surface area contributed by atoms with Crippen LogP contribution in [-0.4, -0.2) is 20.0 Å². The van der Waals surface area contributed by atoms with E-state index in [0.29, 0.717) is 28.0 Å². The lowest BCUT2D eigenvalue weighted by molar-refractivity contribution is 0.104. The molecule has 5 nitrogen and oxygen atoms in total. The highest BCUT2D eigenvalue weighted by molar-refractivity contribution is 6.16. The zero-order valence-electron chi connectivity index (χ0n) is 18.0. The molecule has 160 valence electrons. The van der Waals surface area contributed by atoms with Gasteiger partial charge in [-0.3, -0.25) is 4.79 Å². The van der Waals surface area contributed by atoms with Crippen LogP contribution in [0.25, 0.3) is 28.2 Å². The second kappa shape index (κ2) is 8.94. The summed E-state index contributed by atoms with van der Waals surface area (Å²) in [7, 11) is 3.08. The molecule has 0 aliphatic heterocycles. The van der Waals surface area contributed by atoms with Gasteiger partial charge >= 0.3 is 5.63 Å². The van der Waals surface area contributed by atoms with E-state index in [0.717, 1.165) is 11.1 Å². The summed E-state index contributed by atoms with van der Waals surface area (Å²) in [5, 5.41) is 0.549. The van der Waals surface area contributed by atoms with Crippen molar-refractivity contribution in [1.82, 2.24) is 0 Å². The Morgan fingerprint density at radius 1 is 0.938 bits per heavy atom. The molecule has 0 amide bonds. The summed E-state index contributed by atoms with van der Waals surface area (Å²) in [6.45, 7) is 1.85. The summed E-state index contributed by atoms with van der Waals surface area (Å²) >= 11 is 0. The van der Waals surface area contributed by atoms with Crippen molar-refractivity contribution in [2.75, 3.05) is 14.2 Å².